The molecule has 1 fully saturated rings. The molecule has 1 aliphatic rings. The van der Waals surface area contributed by atoms with E-state index in [0.717, 1.165) is 44.8 Å². The van der Waals surface area contributed by atoms with Crippen molar-refractivity contribution in [2.75, 3.05) is 51.2 Å². The van der Waals surface area contributed by atoms with Crippen LogP contribution < -0.4 is 4.90 Å². The molecule has 1 aliphatic heterocycles. The van der Waals surface area contributed by atoms with Crippen molar-refractivity contribution < 1.29 is 4.79 Å². The summed E-state index contributed by atoms with van der Waals surface area (Å²) in [6, 6.07) is 7.88. The molecule has 26 heavy (non-hydrogen) atoms. The number of hydrogen-bond acceptors (Lipinski definition) is 5. The lowest BCUT2D eigenvalue weighted by Gasteiger charge is -2.35. The first kappa shape index (κ1) is 18.3. The van der Waals surface area contributed by atoms with Crippen LogP contribution in [-0.2, 0) is 6.42 Å². The van der Waals surface area contributed by atoms with Crippen LogP contribution in [0.15, 0.2) is 42.9 Å². The Morgan fingerprint density at radius 1 is 1.12 bits per heavy atom. The van der Waals surface area contributed by atoms with Crippen LogP contribution in [-0.4, -0.2) is 72.0 Å². The third-order valence-electron chi connectivity index (χ3n) is 4.98. The smallest absolute Gasteiger partial charge is 0.272 e. The highest BCUT2D eigenvalue weighted by Crippen LogP contribution is 2.17. The third-order valence-corrected chi connectivity index (χ3v) is 4.98. The lowest BCUT2D eigenvalue weighted by Crippen LogP contribution is -2.46. The molecule has 2 aromatic rings. The predicted octanol–water partition coefficient (Wildman–Crippen LogP) is 1.93. The zero-order valence-electron chi connectivity index (χ0n) is 15.6. The Morgan fingerprint density at radius 3 is 2.54 bits per heavy atom. The largest absolute Gasteiger partial charge is 0.369 e. The number of hydrogen-bond donors (Lipinski definition) is 0. The third kappa shape index (κ3) is 4.58. The second-order valence-corrected chi connectivity index (χ2v) is 6.65. The summed E-state index contributed by atoms with van der Waals surface area (Å²) >= 11 is 0. The van der Waals surface area contributed by atoms with E-state index in [1.54, 1.807) is 23.5 Å². The molecular weight excluding hydrogens is 326 g/mol. The van der Waals surface area contributed by atoms with Gasteiger partial charge in [0.15, 0.2) is 0 Å². The highest BCUT2D eigenvalue weighted by atomic mass is 16.2. The molecule has 6 nitrogen and oxygen atoms in total. The molecular formula is C20H27N5O. The molecule has 138 valence electrons. The molecule has 2 aromatic heterocycles. The normalized spacial score (nSPS) is 15.1. The number of nitrogens with zero attached hydrogens (tertiary/aromatic N) is 5. The van der Waals surface area contributed by atoms with Crippen molar-refractivity contribution in [1.29, 1.82) is 0 Å². The maximum atomic E-state index is 12.7. The van der Waals surface area contributed by atoms with Gasteiger partial charge < -0.3 is 14.7 Å². The number of pyridine rings is 2. The second-order valence-electron chi connectivity index (χ2n) is 6.65. The van der Waals surface area contributed by atoms with E-state index in [-0.39, 0.29) is 5.91 Å². The van der Waals surface area contributed by atoms with E-state index in [1.807, 2.05) is 31.3 Å². The zero-order valence-corrected chi connectivity index (χ0v) is 15.6. The van der Waals surface area contributed by atoms with Crippen LogP contribution in [0.1, 0.15) is 23.0 Å². The average Bonchev–Trinajstić information content (AvgIpc) is 2.72. The van der Waals surface area contributed by atoms with Gasteiger partial charge in [-0.2, -0.15) is 0 Å². The molecule has 1 amide bonds. The van der Waals surface area contributed by atoms with Crippen LogP contribution in [0.4, 0.5) is 5.69 Å². The molecule has 0 aromatic carbocycles. The molecule has 0 spiro atoms. The van der Waals surface area contributed by atoms with Gasteiger partial charge in [0.05, 0.1) is 0 Å². The number of rotatable bonds is 6. The zero-order chi connectivity index (χ0) is 18.4. The van der Waals surface area contributed by atoms with Gasteiger partial charge in [-0.3, -0.25) is 14.8 Å². The summed E-state index contributed by atoms with van der Waals surface area (Å²) in [6.07, 6.45) is 6.11. The van der Waals surface area contributed by atoms with Gasteiger partial charge in [0.25, 0.3) is 5.91 Å². The fraction of sp³-hybridized carbons (Fsp3) is 0.450. The molecule has 6 heteroatoms. The number of likely N-dealkylation sites (N-methyl/N-ethyl adjacent to an activating group) is 2. The van der Waals surface area contributed by atoms with Crippen LogP contribution in [0.5, 0.6) is 0 Å². The maximum absolute atomic E-state index is 12.7. The maximum Gasteiger partial charge on any atom is 0.272 e. The molecule has 0 unspecified atom stereocenters. The molecule has 0 atom stereocenters. The second kappa shape index (κ2) is 8.76. The molecule has 3 rings (SSSR count). The van der Waals surface area contributed by atoms with Crippen molar-refractivity contribution in [3.05, 3.63) is 54.1 Å². The van der Waals surface area contributed by atoms with Gasteiger partial charge in [-0.25, -0.2) is 0 Å². The average molecular weight is 353 g/mol. The fourth-order valence-corrected chi connectivity index (χ4v) is 3.20. The Morgan fingerprint density at radius 2 is 1.85 bits per heavy atom. The van der Waals surface area contributed by atoms with Crippen LogP contribution in [0.25, 0.3) is 0 Å². The van der Waals surface area contributed by atoms with E-state index in [1.165, 1.54) is 5.56 Å². The first-order chi connectivity index (χ1) is 12.7. The van der Waals surface area contributed by atoms with Crippen molar-refractivity contribution in [3.8, 4) is 0 Å². The van der Waals surface area contributed by atoms with Gasteiger partial charge in [-0.1, -0.05) is 6.92 Å². The van der Waals surface area contributed by atoms with E-state index >= 15 is 0 Å². The van der Waals surface area contributed by atoms with E-state index < -0.39 is 0 Å². The van der Waals surface area contributed by atoms with Gasteiger partial charge in [-0.05, 0) is 42.8 Å². The highest BCUT2D eigenvalue weighted by molar-refractivity contribution is 5.93. The number of piperazine rings is 1. The summed E-state index contributed by atoms with van der Waals surface area (Å²) in [6.45, 7) is 8.05. The Balaban J connectivity index is 1.60. The highest BCUT2D eigenvalue weighted by Gasteiger charge is 2.18. The molecule has 0 N–H and O–H groups in total. The van der Waals surface area contributed by atoms with E-state index in [2.05, 4.69) is 26.7 Å². The Hall–Kier alpha value is -2.47. The van der Waals surface area contributed by atoms with Crippen molar-refractivity contribution >= 4 is 11.6 Å². The number of amides is 1. The summed E-state index contributed by atoms with van der Waals surface area (Å²) < 4.78 is 0. The summed E-state index contributed by atoms with van der Waals surface area (Å²) in [5, 5.41) is 0. The molecule has 0 aliphatic carbocycles. The lowest BCUT2D eigenvalue weighted by atomic mass is 10.2. The van der Waals surface area contributed by atoms with Gasteiger partial charge >= 0.3 is 0 Å². The fourth-order valence-electron chi connectivity index (χ4n) is 3.20. The number of carbonyl (C=O) groups excluding carboxylic acids is 1. The summed E-state index contributed by atoms with van der Waals surface area (Å²) in [5.74, 6) is -0.0342. The van der Waals surface area contributed by atoms with Crippen LogP contribution >= 0.6 is 0 Å². The lowest BCUT2D eigenvalue weighted by molar-refractivity contribution is 0.0791. The minimum atomic E-state index is -0.0342. The predicted molar refractivity (Wildman–Crippen MR) is 103 cm³/mol. The van der Waals surface area contributed by atoms with Crippen LogP contribution in [0, 0.1) is 0 Å². The van der Waals surface area contributed by atoms with E-state index in [4.69, 9.17) is 0 Å². The van der Waals surface area contributed by atoms with E-state index in [9.17, 15) is 4.79 Å². The van der Waals surface area contributed by atoms with Gasteiger partial charge in [-0.15, -0.1) is 0 Å². The summed E-state index contributed by atoms with van der Waals surface area (Å²) in [4.78, 5) is 27.6. The molecule has 1 saturated heterocycles. The van der Waals surface area contributed by atoms with Crippen LogP contribution in [0.3, 0.4) is 0 Å². The Labute approximate surface area is 155 Å². The quantitative estimate of drug-likeness (QED) is 0.794. The number of aromatic nitrogens is 2. The van der Waals surface area contributed by atoms with Crippen molar-refractivity contribution in [3.63, 3.8) is 0 Å². The molecule has 3 heterocycles. The molecule has 0 radical (unpaired) electrons. The first-order valence-corrected chi connectivity index (χ1v) is 9.25. The number of carbonyl (C=O) groups is 1. The van der Waals surface area contributed by atoms with Crippen molar-refractivity contribution in [1.82, 2.24) is 19.8 Å². The standard InChI is InChI=1S/C20H27N5O/c1-3-24-12-14-25(15-13-24)18-6-10-22-19(16-18)20(26)23(2)11-7-17-4-8-21-9-5-17/h4-6,8-10,16H,3,7,11-15H2,1-2H3. The molecule has 0 bridgehead atoms. The minimum absolute atomic E-state index is 0.0342. The number of anilines is 1. The van der Waals surface area contributed by atoms with Crippen LogP contribution in [0.2, 0.25) is 0 Å². The Kier molecular flexibility index (Phi) is 6.17. The monoisotopic (exact) mass is 353 g/mol. The molecule has 0 saturated carbocycles. The summed E-state index contributed by atoms with van der Waals surface area (Å²) in [5.41, 5.74) is 2.77. The first-order valence-electron chi connectivity index (χ1n) is 9.25. The summed E-state index contributed by atoms with van der Waals surface area (Å²) in [7, 11) is 1.83. The van der Waals surface area contributed by atoms with Gasteiger partial charge in [0.1, 0.15) is 5.69 Å². The van der Waals surface area contributed by atoms with Gasteiger partial charge in [0.2, 0.25) is 0 Å². The van der Waals surface area contributed by atoms with Crippen molar-refractivity contribution in [2.24, 2.45) is 0 Å². The van der Waals surface area contributed by atoms with Crippen molar-refractivity contribution in [2.45, 2.75) is 13.3 Å². The SMILES string of the molecule is CCN1CCN(c2ccnc(C(=O)N(C)CCc3ccncc3)c2)CC1. The Bertz CT molecular complexity index is 713. The van der Waals surface area contributed by atoms with E-state index in [0.29, 0.717) is 12.2 Å². The topological polar surface area (TPSA) is 52.6 Å². The van der Waals surface area contributed by atoms with Gasteiger partial charge in [0, 0.05) is 64.0 Å². The minimum Gasteiger partial charge on any atom is -0.369 e.